The zero-order valence-corrected chi connectivity index (χ0v) is 19.0. The zero-order valence-electron chi connectivity index (χ0n) is 19.0. The third-order valence-electron chi connectivity index (χ3n) is 6.65. The van der Waals surface area contributed by atoms with Crippen LogP contribution in [-0.2, 0) is 35.1 Å². The minimum absolute atomic E-state index is 0.0519. The Morgan fingerprint density at radius 3 is 2.47 bits per heavy atom. The average Bonchev–Trinajstić information content (AvgIpc) is 3.48. The first kappa shape index (κ1) is 24.0. The van der Waals surface area contributed by atoms with Crippen molar-refractivity contribution in [2.24, 2.45) is 5.16 Å². The number of nitrogens with zero attached hydrogens (tertiary/aromatic N) is 1. The van der Waals surface area contributed by atoms with Crippen molar-refractivity contribution in [3.8, 4) is 0 Å². The van der Waals surface area contributed by atoms with Crippen molar-refractivity contribution in [1.82, 2.24) is 0 Å². The molecular weight excluding hydrogens is 450 g/mol. The molecule has 4 aliphatic rings. The standard InChI is InChI=1S/C23H31NO10/c1-22(2)32-19-15(11-29-10-12-6-4-3-5-7-12)30-18(20(19)33-22)13-8-23(34-24-13)21(28)17(27)16(26)14(9-25)31-23/h3-7,14-21,25-28H,8-11H2,1-2H3/t14-,15+,16-,17+,18+,19-,20+,21+,23-/m1/s1. The van der Waals surface area contributed by atoms with E-state index < -0.39 is 67.0 Å². The lowest BCUT2D eigenvalue weighted by Crippen LogP contribution is -2.65. The molecule has 3 fully saturated rings. The molecule has 0 amide bonds. The van der Waals surface area contributed by atoms with Gasteiger partial charge in [-0.15, -0.1) is 0 Å². The molecule has 1 aromatic rings. The highest BCUT2D eigenvalue weighted by atomic mass is 16.8. The lowest BCUT2D eigenvalue weighted by Gasteiger charge is -2.44. The van der Waals surface area contributed by atoms with Crippen LogP contribution in [0, 0.1) is 0 Å². The van der Waals surface area contributed by atoms with Gasteiger partial charge in [0.1, 0.15) is 42.7 Å². The predicted octanol–water partition coefficient (Wildman–Crippen LogP) is -0.563. The molecule has 4 N–H and O–H groups in total. The van der Waals surface area contributed by atoms with Gasteiger partial charge in [0.15, 0.2) is 11.9 Å². The molecule has 11 nitrogen and oxygen atoms in total. The Morgan fingerprint density at radius 1 is 1.00 bits per heavy atom. The number of hydrogen-bond acceptors (Lipinski definition) is 11. The van der Waals surface area contributed by atoms with Crippen LogP contribution in [0.15, 0.2) is 35.5 Å². The number of ether oxygens (including phenoxy) is 5. The third-order valence-corrected chi connectivity index (χ3v) is 6.65. The Morgan fingerprint density at radius 2 is 1.74 bits per heavy atom. The van der Waals surface area contributed by atoms with Crippen LogP contribution in [0.25, 0.3) is 0 Å². The van der Waals surface area contributed by atoms with Crippen molar-refractivity contribution in [2.75, 3.05) is 13.2 Å². The molecule has 1 aromatic carbocycles. The molecule has 0 radical (unpaired) electrons. The third kappa shape index (κ3) is 4.25. The van der Waals surface area contributed by atoms with Gasteiger partial charge >= 0.3 is 0 Å². The van der Waals surface area contributed by atoms with Crippen molar-refractivity contribution in [1.29, 1.82) is 0 Å². The van der Waals surface area contributed by atoms with Gasteiger partial charge < -0.3 is 48.9 Å². The molecule has 188 valence electrons. The van der Waals surface area contributed by atoms with Gasteiger partial charge in [-0.1, -0.05) is 35.5 Å². The highest BCUT2D eigenvalue weighted by molar-refractivity contribution is 5.91. The lowest BCUT2D eigenvalue weighted by molar-refractivity contribution is -0.355. The summed E-state index contributed by atoms with van der Waals surface area (Å²) in [5.41, 5.74) is 1.44. The van der Waals surface area contributed by atoms with Gasteiger partial charge in [-0.3, -0.25) is 0 Å². The van der Waals surface area contributed by atoms with E-state index in [1.54, 1.807) is 0 Å². The van der Waals surface area contributed by atoms with Crippen LogP contribution in [0.3, 0.4) is 0 Å². The van der Waals surface area contributed by atoms with E-state index in [1.807, 2.05) is 44.2 Å². The maximum Gasteiger partial charge on any atom is 0.271 e. The van der Waals surface area contributed by atoms with Crippen LogP contribution < -0.4 is 0 Å². The zero-order chi connectivity index (χ0) is 24.1. The van der Waals surface area contributed by atoms with Crippen molar-refractivity contribution in [3.63, 3.8) is 0 Å². The summed E-state index contributed by atoms with van der Waals surface area (Å²) in [4.78, 5) is 5.47. The maximum absolute atomic E-state index is 10.6. The molecule has 5 rings (SSSR count). The van der Waals surface area contributed by atoms with E-state index in [0.29, 0.717) is 12.3 Å². The topological polar surface area (TPSA) is 149 Å². The summed E-state index contributed by atoms with van der Waals surface area (Å²) in [5.74, 6) is -2.59. The Kier molecular flexibility index (Phi) is 6.42. The average molecular weight is 481 g/mol. The Bertz CT molecular complexity index is 895. The van der Waals surface area contributed by atoms with E-state index in [1.165, 1.54) is 0 Å². The van der Waals surface area contributed by atoms with E-state index in [9.17, 15) is 20.4 Å². The van der Waals surface area contributed by atoms with Crippen molar-refractivity contribution < 1.29 is 48.9 Å². The van der Waals surface area contributed by atoms with Crippen molar-refractivity contribution in [3.05, 3.63) is 35.9 Å². The van der Waals surface area contributed by atoms with E-state index in [2.05, 4.69) is 5.16 Å². The van der Waals surface area contributed by atoms with Crippen LogP contribution in [-0.4, -0.2) is 99.8 Å². The lowest BCUT2D eigenvalue weighted by atomic mass is 9.88. The summed E-state index contributed by atoms with van der Waals surface area (Å²) in [7, 11) is 0. The van der Waals surface area contributed by atoms with E-state index in [0.717, 1.165) is 5.56 Å². The molecule has 0 bridgehead atoms. The number of fused-ring (bicyclic) bond motifs is 1. The van der Waals surface area contributed by atoms with Crippen LogP contribution in [0.1, 0.15) is 25.8 Å². The predicted molar refractivity (Wildman–Crippen MR) is 114 cm³/mol. The smallest absolute Gasteiger partial charge is 0.271 e. The van der Waals surface area contributed by atoms with Crippen LogP contribution >= 0.6 is 0 Å². The minimum atomic E-state index is -1.75. The normalized spacial score (nSPS) is 43.1. The molecule has 11 heteroatoms. The first-order valence-corrected chi connectivity index (χ1v) is 11.4. The highest BCUT2D eigenvalue weighted by Gasteiger charge is 2.62. The Labute approximate surface area is 196 Å². The second-order valence-corrected chi connectivity index (χ2v) is 9.59. The molecule has 0 aromatic heterocycles. The first-order valence-electron chi connectivity index (χ1n) is 11.4. The number of oxime groups is 1. The summed E-state index contributed by atoms with van der Waals surface area (Å²) in [6.07, 6.45) is -7.85. The number of benzene rings is 1. The molecule has 0 unspecified atom stereocenters. The molecule has 9 atom stereocenters. The molecule has 1 spiro atoms. The number of hydrogen-bond donors (Lipinski definition) is 4. The second-order valence-electron chi connectivity index (χ2n) is 9.59. The van der Waals surface area contributed by atoms with Gasteiger partial charge in [0.25, 0.3) is 5.79 Å². The quantitative estimate of drug-likeness (QED) is 0.416. The fourth-order valence-electron chi connectivity index (χ4n) is 4.99. The molecule has 0 aliphatic carbocycles. The molecule has 34 heavy (non-hydrogen) atoms. The van der Waals surface area contributed by atoms with Crippen LogP contribution in [0.4, 0.5) is 0 Å². The fourth-order valence-corrected chi connectivity index (χ4v) is 4.99. The van der Waals surface area contributed by atoms with Crippen LogP contribution in [0.5, 0.6) is 0 Å². The first-order chi connectivity index (χ1) is 16.2. The van der Waals surface area contributed by atoms with Gasteiger partial charge in [-0.2, -0.15) is 0 Å². The SMILES string of the molecule is CC1(C)O[C@@H]2[C@H](O1)[C@H](COCc1ccccc1)O[C@H]2C1=NO[C@@]2(C1)O[C@H](CO)[C@@H](O)[C@H](O)[C@@H]2O. The van der Waals surface area contributed by atoms with Gasteiger partial charge in [0.2, 0.25) is 0 Å². The Balaban J connectivity index is 1.28. The summed E-state index contributed by atoms with van der Waals surface area (Å²) in [5, 5.41) is 44.5. The van der Waals surface area contributed by atoms with Gasteiger partial charge in [0, 0.05) is 0 Å². The van der Waals surface area contributed by atoms with E-state index in [4.69, 9.17) is 28.5 Å². The molecular formula is C23H31NO10. The molecule has 4 aliphatic heterocycles. The minimum Gasteiger partial charge on any atom is -0.394 e. The number of rotatable bonds is 6. The van der Waals surface area contributed by atoms with Crippen molar-refractivity contribution in [2.45, 2.75) is 87.3 Å². The summed E-state index contributed by atoms with van der Waals surface area (Å²) < 4.78 is 30.0. The van der Waals surface area contributed by atoms with Gasteiger partial charge in [0.05, 0.1) is 32.0 Å². The summed E-state index contributed by atoms with van der Waals surface area (Å²) in [6.45, 7) is 3.75. The second kappa shape index (κ2) is 9.08. The molecule has 4 heterocycles. The molecule has 3 saturated heterocycles. The van der Waals surface area contributed by atoms with E-state index in [-0.39, 0.29) is 13.0 Å². The van der Waals surface area contributed by atoms with Gasteiger partial charge in [-0.25, -0.2) is 0 Å². The van der Waals surface area contributed by atoms with Crippen LogP contribution in [0.2, 0.25) is 0 Å². The molecule has 0 saturated carbocycles. The van der Waals surface area contributed by atoms with E-state index >= 15 is 0 Å². The number of aliphatic hydroxyl groups excluding tert-OH is 4. The monoisotopic (exact) mass is 481 g/mol. The largest absolute Gasteiger partial charge is 0.394 e. The maximum atomic E-state index is 10.6. The van der Waals surface area contributed by atoms with Gasteiger partial charge in [-0.05, 0) is 19.4 Å². The Hall–Kier alpha value is -1.67. The van der Waals surface area contributed by atoms with Crippen molar-refractivity contribution >= 4 is 5.71 Å². The summed E-state index contributed by atoms with van der Waals surface area (Å²) >= 11 is 0. The fraction of sp³-hybridized carbons (Fsp3) is 0.696. The number of aliphatic hydroxyl groups is 4. The highest BCUT2D eigenvalue weighted by Crippen LogP contribution is 2.44. The summed E-state index contributed by atoms with van der Waals surface area (Å²) in [6, 6.07) is 9.78.